The summed E-state index contributed by atoms with van der Waals surface area (Å²) in [7, 11) is 0. The SMILES string of the molecule is Nc1ccc(OCc2ccccc2Cl)c(I)c1. The maximum atomic E-state index is 6.05. The van der Waals surface area contributed by atoms with Crippen LogP contribution in [-0.4, -0.2) is 0 Å². The van der Waals surface area contributed by atoms with Crippen LogP contribution in [0.4, 0.5) is 5.69 Å². The number of nitrogens with two attached hydrogens (primary N) is 1. The largest absolute Gasteiger partial charge is 0.488 e. The third-order valence-electron chi connectivity index (χ3n) is 2.30. The minimum Gasteiger partial charge on any atom is -0.488 e. The van der Waals surface area contributed by atoms with Crippen LogP contribution in [0.15, 0.2) is 42.5 Å². The van der Waals surface area contributed by atoms with Crippen molar-refractivity contribution in [2.75, 3.05) is 5.73 Å². The lowest BCUT2D eigenvalue weighted by Crippen LogP contribution is -1.98. The molecule has 2 rings (SSSR count). The smallest absolute Gasteiger partial charge is 0.133 e. The van der Waals surface area contributed by atoms with Gasteiger partial charge in [-0.3, -0.25) is 0 Å². The van der Waals surface area contributed by atoms with E-state index in [4.69, 9.17) is 22.1 Å². The Morgan fingerprint density at radius 2 is 1.94 bits per heavy atom. The van der Waals surface area contributed by atoms with Gasteiger partial charge in [0.25, 0.3) is 0 Å². The molecule has 0 spiro atoms. The van der Waals surface area contributed by atoms with Crippen molar-refractivity contribution in [3.63, 3.8) is 0 Å². The van der Waals surface area contributed by atoms with Crippen LogP contribution in [0.5, 0.6) is 5.75 Å². The Hall–Kier alpha value is -0.940. The zero-order valence-electron chi connectivity index (χ0n) is 8.99. The molecule has 0 radical (unpaired) electrons. The summed E-state index contributed by atoms with van der Waals surface area (Å²) < 4.78 is 6.71. The van der Waals surface area contributed by atoms with Crippen molar-refractivity contribution in [3.05, 3.63) is 56.6 Å². The second-order valence-corrected chi connectivity index (χ2v) is 5.14. The molecule has 0 saturated carbocycles. The van der Waals surface area contributed by atoms with E-state index < -0.39 is 0 Å². The molecule has 0 unspecified atom stereocenters. The number of ether oxygens (including phenoxy) is 1. The van der Waals surface area contributed by atoms with Gasteiger partial charge in [-0.15, -0.1) is 0 Å². The third kappa shape index (κ3) is 3.26. The normalized spacial score (nSPS) is 10.2. The predicted molar refractivity (Wildman–Crippen MR) is 79.4 cm³/mol. The highest BCUT2D eigenvalue weighted by molar-refractivity contribution is 14.1. The Labute approximate surface area is 119 Å². The standard InChI is InChI=1S/C13H11ClINO/c14-11-4-2-1-3-9(11)8-17-13-6-5-10(16)7-12(13)15/h1-7H,8,16H2. The molecule has 0 fully saturated rings. The number of rotatable bonds is 3. The molecule has 0 aliphatic rings. The van der Waals surface area contributed by atoms with Crippen LogP contribution < -0.4 is 10.5 Å². The lowest BCUT2D eigenvalue weighted by atomic mass is 10.2. The fourth-order valence-electron chi connectivity index (χ4n) is 1.41. The third-order valence-corrected chi connectivity index (χ3v) is 3.51. The Bertz CT molecular complexity index is 531. The summed E-state index contributed by atoms with van der Waals surface area (Å²) in [6.45, 7) is 0.458. The number of nitrogen functional groups attached to an aromatic ring is 1. The van der Waals surface area contributed by atoms with Crippen molar-refractivity contribution < 1.29 is 4.74 Å². The number of hydrogen-bond acceptors (Lipinski definition) is 2. The Morgan fingerprint density at radius 1 is 1.18 bits per heavy atom. The fraction of sp³-hybridized carbons (Fsp3) is 0.0769. The Balaban J connectivity index is 2.10. The van der Waals surface area contributed by atoms with Gasteiger partial charge in [0.1, 0.15) is 12.4 Å². The van der Waals surface area contributed by atoms with Crippen LogP contribution in [0.25, 0.3) is 0 Å². The second kappa shape index (κ2) is 5.60. The van der Waals surface area contributed by atoms with Gasteiger partial charge in [-0.2, -0.15) is 0 Å². The molecule has 0 aromatic heterocycles. The van der Waals surface area contributed by atoms with Crippen LogP contribution in [0, 0.1) is 3.57 Å². The first kappa shape index (κ1) is 12.5. The zero-order valence-corrected chi connectivity index (χ0v) is 11.9. The van der Waals surface area contributed by atoms with Crippen molar-refractivity contribution in [1.82, 2.24) is 0 Å². The van der Waals surface area contributed by atoms with E-state index in [9.17, 15) is 0 Å². The Morgan fingerprint density at radius 3 is 2.65 bits per heavy atom. The van der Waals surface area contributed by atoms with Crippen molar-refractivity contribution in [2.45, 2.75) is 6.61 Å². The minimum atomic E-state index is 0.458. The molecule has 0 saturated heterocycles. The molecule has 0 heterocycles. The van der Waals surface area contributed by atoms with Crippen LogP contribution in [0.1, 0.15) is 5.56 Å². The summed E-state index contributed by atoms with van der Waals surface area (Å²) in [6.07, 6.45) is 0. The zero-order chi connectivity index (χ0) is 12.3. The molecule has 0 amide bonds. The molecule has 2 aromatic rings. The lowest BCUT2D eigenvalue weighted by Gasteiger charge is -2.09. The molecule has 0 atom stereocenters. The first-order chi connectivity index (χ1) is 8.16. The predicted octanol–water partition coefficient (Wildman–Crippen LogP) is 4.11. The molecular weight excluding hydrogens is 349 g/mol. The van der Waals surface area contributed by atoms with Gasteiger partial charge in [0.2, 0.25) is 0 Å². The summed E-state index contributed by atoms with van der Waals surface area (Å²) >= 11 is 8.25. The van der Waals surface area contributed by atoms with E-state index in [1.54, 1.807) is 0 Å². The number of benzene rings is 2. The van der Waals surface area contributed by atoms with E-state index in [-0.39, 0.29) is 0 Å². The monoisotopic (exact) mass is 359 g/mol. The quantitative estimate of drug-likeness (QED) is 0.661. The van der Waals surface area contributed by atoms with Gasteiger partial charge in [0.05, 0.1) is 3.57 Å². The van der Waals surface area contributed by atoms with E-state index in [2.05, 4.69) is 22.6 Å². The molecule has 2 N–H and O–H groups in total. The van der Waals surface area contributed by atoms with Crippen molar-refractivity contribution >= 4 is 39.9 Å². The number of anilines is 1. The Kier molecular flexibility index (Phi) is 4.12. The summed E-state index contributed by atoms with van der Waals surface area (Å²) in [5.41, 5.74) is 7.39. The van der Waals surface area contributed by atoms with Crippen molar-refractivity contribution in [1.29, 1.82) is 0 Å². The van der Waals surface area contributed by atoms with Gasteiger partial charge in [-0.1, -0.05) is 29.8 Å². The van der Waals surface area contributed by atoms with Gasteiger partial charge in [0.15, 0.2) is 0 Å². The number of halogens is 2. The second-order valence-electron chi connectivity index (χ2n) is 3.57. The molecule has 0 aliphatic heterocycles. The van der Waals surface area contributed by atoms with Crippen LogP contribution >= 0.6 is 34.2 Å². The van der Waals surface area contributed by atoms with Crippen LogP contribution in [0.3, 0.4) is 0 Å². The highest BCUT2D eigenvalue weighted by Crippen LogP contribution is 2.25. The molecule has 17 heavy (non-hydrogen) atoms. The molecule has 2 aromatic carbocycles. The van der Waals surface area contributed by atoms with Crippen molar-refractivity contribution in [3.8, 4) is 5.75 Å². The average Bonchev–Trinajstić information content (AvgIpc) is 2.30. The van der Waals surface area contributed by atoms with E-state index >= 15 is 0 Å². The first-order valence-corrected chi connectivity index (χ1v) is 6.54. The van der Waals surface area contributed by atoms with Gasteiger partial charge in [0, 0.05) is 16.3 Å². The summed E-state index contributed by atoms with van der Waals surface area (Å²) in [5, 5.41) is 0.720. The van der Waals surface area contributed by atoms with E-state index in [0.29, 0.717) is 6.61 Å². The number of hydrogen-bond donors (Lipinski definition) is 1. The average molecular weight is 360 g/mol. The first-order valence-electron chi connectivity index (χ1n) is 5.08. The van der Waals surface area contributed by atoms with Crippen molar-refractivity contribution in [2.24, 2.45) is 0 Å². The lowest BCUT2D eigenvalue weighted by molar-refractivity contribution is 0.304. The topological polar surface area (TPSA) is 35.2 Å². The highest BCUT2D eigenvalue weighted by atomic mass is 127. The summed E-state index contributed by atoms with van der Waals surface area (Å²) in [6, 6.07) is 13.2. The van der Waals surface area contributed by atoms with Gasteiger partial charge in [-0.05, 0) is 46.9 Å². The van der Waals surface area contributed by atoms with Crippen LogP contribution in [0.2, 0.25) is 5.02 Å². The summed E-state index contributed by atoms with van der Waals surface area (Å²) in [5.74, 6) is 0.819. The van der Waals surface area contributed by atoms with Gasteiger partial charge < -0.3 is 10.5 Å². The molecule has 0 bridgehead atoms. The summed E-state index contributed by atoms with van der Waals surface area (Å²) in [4.78, 5) is 0. The molecule has 4 heteroatoms. The van der Waals surface area contributed by atoms with Gasteiger partial charge >= 0.3 is 0 Å². The maximum Gasteiger partial charge on any atom is 0.133 e. The van der Waals surface area contributed by atoms with E-state index in [0.717, 1.165) is 25.6 Å². The van der Waals surface area contributed by atoms with E-state index in [1.807, 2.05) is 42.5 Å². The molecule has 0 aliphatic carbocycles. The van der Waals surface area contributed by atoms with Crippen LogP contribution in [-0.2, 0) is 6.61 Å². The van der Waals surface area contributed by atoms with Gasteiger partial charge in [-0.25, -0.2) is 0 Å². The molecule has 88 valence electrons. The minimum absolute atomic E-state index is 0.458. The molecule has 2 nitrogen and oxygen atoms in total. The van der Waals surface area contributed by atoms with E-state index in [1.165, 1.54) is 0 Å². The fourth-order valence-corrected chi connectivity index (χ4v) is 2.29. The highest BCUT2D eigenvalue weighted by Gasteiger charge is 2.03. The maximum absolute atomic E-state index is 6.05. The molecular formula is C13H11ClINO.